The summed E-state index contributed by atoms with van der Waals surface area (Å²) < 4.78 is 5.92. The maximum Gasteiger partial charge on any atom is 0.326 e. The summed E-state index contributed by atoms with van der Waals surface area (Å²) in [5, 5.41) is 13.0. The average Bonchev–Trinajstić information content (AvgIpc) is 3.02. The lowest BCUT2D eigenvalue weighted by Gasteiger charge is -2.23. The van der Waals surface area contributed by atoms with Gasteiger partial charge in [0.2, 0.25) is 5.91 Å². The molecule has 0 radical (unpaired) electrons. The lowest BCUT2D eigenvalue weighted by molar-refractivity contribution is -0.137. The van der Waals surface area contributed by atoms with E-state index in [1.54, 1.807) is 60.4 Å². The standard InChI is InChI=1S/C37H38N2O5/c1-26(2)36(41)39(25-29-12-9-11-27(3)23-29)21-10-22-44-31-19-17-28(18-20-31)24-34(37(42)43)38-33-16-8-7-15-32(33)35(40)30-13-5-4-6-14-30/h4-9,11-20,23,34,38H,1,10,21-22,24-25H2,2-3H3,(H,42,43)/t34-/m0/s1. The van der Waals surface area contributed by atoms with E-state index in [0.717, 1.165) is 16.7 Å². The number of para-hydroxylation sites is 1. The van der Waals surface area contributed by atoms with Gasteiger partial charge in [-0.1, -0.05) is 91.0 Å². The number of anilines is 1. The van der Waals surface area contributed by atoms with Crippen LogP contribution >= 0.6 is 0 Å². The molecule has 0 aromatic heterocycles. The molecule has 0 fully saturated rings. The Hall–Kier alpha value is -5.17. The highest BCUT2D eigenvalue weighted by molar-refractivity contribution is 6.12. The molecule has 7 nitrogen and oxygen atoms in total. The molecular formula is C37H38N2O5. The fourth-order valence-electron chi connectivity index (χ4n) is 4.90. The topological polar surface area (TPSA) is 95.9 Å². The van der Waals surface area contributed by atoms with E-state index in [4.69, 9.17) is 4.74 Å². The van der Waals surface area contributed by atoms with Crippen molar-refractivity contribution >= 4 is 23.3 Å². The van der Waals surface area contributed by atoms with Gasteiger partial charge >= 0.3 is 5.97 Å². The van der Waals surface area contributed by atoms with Gasteiger partial charge in [-0.25, -0.2) is 4.79 Å². The number of aliphatic carboxylic acids is 1. The van der Waals surface area contributed by atoms with Gasteiger partial charge in [-0.3, -0.25) is 9.59 Å². The Balaban J connectivity index is 1.33. The minimum Gasteiger partial charge on any atom is -0.494 e. The largest absolute Gasteiger partial charge is 0.494 e. The first-order chi connectivity index (χ1) is 21.2. The fourth-order valence-corrected chi connectivity index (χ4v) is 4.90. The van der Waals surface area contributed by atoms with Crippen LogP contribution < -0.4 is 10.1 Å². The van der Waals surface area contributed by atoms with Crippen LogP contribution in [0.4, 0.5) is 5.69 Å². The zero-order valence-corrected chi connectivity index (χ0v) is 25.2. The number of carboxylic acid groups (broad SMARTS) is 1. The van der Waals surface area contributed by atoms with Crippen LogP contribution in [-0.4, -0.2) is 46.9 Å². The van der Waals surface area contributed by atoms with Gasteiger partial charge in [0.1, 0.15) is 11.8 Å². The third-order valence-corrected chi connectivity index (χ3v) is 7.15. The molecule has 0 spiro atoms. The molecule has 7 heteroatoms. The summed E-state index contributed by atoms with van der Waals surface area (Å²) in [7, 11) is 0. The van der Waals surface area contributed by atoms with Crippen molar-refractivity contribution in [1.29, 1.82) is 0 Å². The molecule has 0 bridgehead atoms. The van der Waals surface area contributed by atoms with Crippen LogP contribution in [0.15, 0.2) is 115 Å². The van der Waals surface area contributed by atoms with E-state index in [0.29, 0.717) is 54.3 Å². The second-order valence-corrected chi connectivity index (χ2v) is 10.8. The molecule has 0 aliphatic carbocycles. The summed E-state index contributed by atoms with van der Waals surface area (Å²) in [5.74, 6) is -0.623. The second-order valence-electron chi connectivity index (χ2n) is 10.8. The first-order valence-corrected chi connectivity index (χ1v) is 14.6. The van der Waals surface area contributed by atoms with Crippen LogP contribution in [0.5, 0.6) is 5.75 Å². The number of nitrogens with one attached hydrogen (secondary N) is 1. The number of aryl methyl sites for hydroxylation is 1. The van der Waals surface area contributed by atoms with Crippen LogP contribution in [0.2, 0.25) is 0 Å². The molecule has 0 saturated heterocycles. The van der Waals surface area contributed by atoms with Crippen molar-refractivity contribution in [2.24, 2.45) is 0 Å². The minimum atomic E-state index is -1.02. The van der Waals surface area contributed by atoms with Gasteiger partial charge in [0, 0.05) is 41.9 Å². The molecular weight excluding hydrogens is 552 g/mol. The second kappa shape index (κ2) is 15.3. The van der Waals surface area contributed by atoms with Crippen molar-refractivity contribution in [2.45, 2.75) is 39.3 Å². The van der Waals surface area contributed by atoms with Crippen molar-refractivity contribution in [1.82, 2.24) is 4.90 Å². The van der Waals surface area contributed by atoms with E-state index in [-0.39, 0.29) is 18.1 Å². The number of ketones is 1. The van der Waals surface area contributed by atoms with Crippen LogP contribution in [-0.2, 0) is 22.6 Å². The number of amides is 1. The van der Waals surface area contributed by atoms with Gasteiger partial charge in [-0.05, 0) is 55.7 Å². The van der Waals surface area contributed by atoms with Gasteiger partial charge in [0.05, 0.1) is 6.61 Å². The smallest absolute Gasteiger partial charge is 0.326 e. The first-order valence-electron chi connectivity index (χ1n) is 14.6. The fraction of sp³-hybridized carbons (Fsp3) is 0.216. The van der Waals surface area contributed by atoms with E-state index >= 15 is 0 Å². The molecule has 0 unspecified atom stereocenters. The molecule has 0 saturated carbocycles. The molecule has 226 valence electrons. The van der Waals surface area contributed by atoms with Gasteiger partial charge in [0.25, 0.3) is 0 Å². The molecule has 0 aliphatic heterocycles. The Morgan fingerprint density at radius 2 is 1.59 bits per heavy atom. The number of hydrogen-bond acceptors (Lipinski definition) is 5. The zero-order valence-electron chi connectivity index (χ0n) is 25.2. The number of nitrogens with zero attached hydrogens (tertiary/aromatic N) is 1. The lowest BCUT2D eigenvalue weighted by Crippen LogP contribution is -2.32. The van der Waals surface area contributed by atoms with E-state index in [2.05, 4.69) is 18.0 Å². The minimum absolute atomic E-state index is 0.0792. The SMILES string of the molecule is C=C(C)C(=O)N(CCCOc1ccc(C[C@H](Nc2ccccc2C(=O)c2ccccc2)C(=O)O)cc1)Cc1cccc(C)c1. The molecule has 4 aromatic carbocycles. The molecule has 2 N–H and O–H groups in total. The lowest BCUT2D eigenvalue weighted by atomic mass is 10.00. The van der Waals surface area contributed by atoms with Crippen molar-refractivity contribution < 1.29 is 24.2 Å². The van der Waals surface area contributed by atoms with E-state index in [1.807, 2.05) is 55.5 Å². The third kappa shape index (κ3) is 8.91. The van der Waals surface area contributed by atoms with Crippen molar-refractivity contribution in [3.8, 4) is 5.75 Å². The zero-order chi connectivity index (χ0) is 31.5. The van der Waals surface area contributed by atoms with E-state index in [1.165, 1.54) is 0 Å². The molecule has 4 rings (SSSR count). The number of benzene rings is 4. The Kier molecular flexibility index (Phi) is 11.1. The maximum absolute atomic E-state index is 13.1. The maximum atomic E-state index is 13.1. The highest BCUT2D eigenvalue weighted by Gasteiger charge is 2.21. The van der Waals surface area contributed by atoms with Crippen molar-refractivity contribution in [3.63, 3.8) is 0 Å². The Morgan fingerprint density at radius 3 is 2.27 bits per heavy atom. The summed E-state index contributed by atoms with van der Waals surface area (Å²) in [5.41, 5.74) is 4.93. The van der Waals surface area contributed by atoms with Gasteiger partial charge in [0.15, 0.2) is 5.78 Å². The number of rotatable bonds is 15. The summed E-state index contributed by atoms with van der Waals surface area (Å²) in [6, 6.07) is 30.3. The summed E-state index contributed by atoms with van der Waals surface area (Å²) in [6.07, 6.45) is 0.846. The van der Waals surface area contributed by atoms with Crippen molar-refractivity contribution in [2.75, 3.05) is 18.5 Å². The van der Waals surface area contributed by atoms with Gasteiger partial charge in [-0.2, -0.15) is 0 Å². The molecule has 0 heterocycles. The predicted octanol–water partition coefficient (Wildman–Crippen LogP) is 6.71. The molecule has 1 atom stereocenters. The van der Waals surface area contributed by atoms with Crippen LogP contribution in [0.25, 0.3) is 0 Å². The number of carboxylic acids is 1. The van der Waals surface area contributed by atoms with Crippen LogP contribution in [0.1, 0.15) is 46.0 Å². The number of ether oxygens (including phenoxy) is 1. The normalized spacial score (nSPS) is 11.3. The van der Waals surface area contributed by atoms with Crippen molar-refractivity contribution in [3.05, 3.63) is 143 Å². The first kappa shape index (κ1) is 31.8. The summed E-state index contributed by atoms with van der Waals surface area (Å²) in [4.78, 5) is 39.8. The number of carbonyl (C=O) groups excluding carboxylic acids is 2. The highest BCUT2D eigenvalue weighted by Crippen LogP contribution is 2.22. The summed E-state index contributed by atoms with van der Waals surface area (Å²) in [6.45, 7) is 9.01. The Bertz CT molecular complexity index is 1600. The molecule has 1 amide bonds. The number of hydrogen-bond donors (Lipinski definition) is 2. The summed E-state index contributed by atoms with van der Waals surface area (Å²) >= 11 is 0. The quantitative estimate of drug-likeness (QED) is 0.0908. The third-order valence-electron chi connectivity index (χ3n) is 7.15. The molecule has 4 aromatic rings. The average molecular weight is 591 g/mol. The highest BCUT2D eigenvalue weighted by atomic mass is 16.5. The van der Waals surface area contributed by atoms with Gasteiger partial charge in [-0.15, -0.1) is 0 Å². The van der Waals surface area contributed by atoms with Crippen LogP contribution in [0, 0.1) is 6.92 Å². The Morgan fingerprint density at radius 1 is 0.886 bits per heavy atom. The molecule has 44 heavy (non-hydrogen) atoms. The van der Waals surface area contributed by atoms with E-state index < -0.39 is 12.0 Å². The Labute approximate surface area is 258 Å². The van der Waals surface area contributed by atoms with Gasteiger partial charge < -0.3 is 20.1 Å². The molecule has 0 aliphatic rings. The van der Waals surface area contributed by atoms with Crippen LogP contribution in [0.3, 0.4) is 0 Å². The number of carbonyl (C=O) groups is 3. The monoisotopic (exact) mass is 590 g/mol. The predicted molar refractivity (Wildman–Crippen MR) is 173 cm³/mol. The van der Waals surface area contributed by atoms with E-state index in [9.17, 15) is 19.5 Å².